The molecule has 0 spiro atoms. The van der Waals surface area contributed by atoms with Crippen molar-refractivity contribution in [3.05, 3.63) is 35.9 Å². The normalized spacial score (nSPS) is 28.7. The van der Waals surface area contributed by atoms with Crippen LogP contribution < -0.4 is 0 Å². The molecule has 0 amide bonds. The minimum absolute atomic E-state index is 0.0124. The first kappa shape index (κ1) is 16.9. The maximum atomic E-state index is 12.8. The van der Waals surface area contributed by atoms with E-state index in [0.717, 1.165) is 24.8 Å². The summed E-state index contributed by atoms with van der Waals surface area (Å²) in [7, 11) is -3.30. The number of nitrogens with zero attached hydrogens (tertiary/aromatic N) is 1. The molecule has 23 heavy (non-hydrogen) atoms. The van der Waals surface area contributed by atoms with Gasteiger partial charge in [-0.2, -0.15) is 4.31 Å². The quantitative estimate of drug-likeness (QED) is 0.797. The summed E-state index contributed by atoms with van der Waals surface area (Å²) in [6, 6.07) is 9.36. The molecule has 0 saturated carbocycles. The van der Waals surface area contributed by atoms with Crippen molar-refractivity contribution in [2.24, 2.45) is 0 Å². The van der Waals surface area contributed by atoms with Crippen LogP contribution in [0, 0.1) is 0 Å². The molecule has 0 bridgehead atoms. The summed E-state index contributed by atoms with van der Waals surface area (Å²) in [4.78, 5) is 0. The van der Waals surface area contributed by atoms with Crippen LogP contribution in [0.1, 0.15) is 31.7 Å². The molecule has 0 aromatic heterocycles. The fourth-order valence-corrected chi connectivity index (χ4v) is 5.36. The molecule has 2 heterocycles. The summed E-state index contributed by atoms with van der Waals surface area (Å²) in [5.74, 6) is 0.0689. The zero-order chi connectivity index (χ0) is 16.3. The number of sulfonamides is 1. The first-order valence-electron chi connectivity index (χ1n) is 8.37. The standard InChI is InChI=1S/C17H25NO4S/c1-2-21-12-15-8-9-16-17(22-15)10-11-18(16)23(19,20)13-14-6-4-3-5-7-14/h3-7,15-17H,2,8-13H2,1H3/t15-,16+,17+/m1/s1. The molecule has 2 aliphatic rings. The molecule has 1 aromatic rings. The Morgan fingerprint density at radius 1 is 1.22 bits per heavy atom. The first-order chi connectivity index (χ1) is 11.1. The lowest BCUT2D eigenvalue weighted by Crippen LogP contribution is -2.46. The predicted octanol–water partition coefficient (Wildman–Crippen LogP) is 2.17. The molecule has 3 rings (SSSR count). The van der Waals surface area contributed by atoms with E-state index in [1.54, 1.807) is 4.31 Å². The van der Waals surface area contributed by atoms with Gasteiger partial charge in [0.1, 0.15) is 0 Å². The average molecular weight is 339 g/mol. The van der Waals surface area contributed by atoms with Crippen LogP contribution in [0.3, 0.4) is 0 Å². The van der Waals surface area contributed by atoms with E-state index < -0.39 is 10.0 Å². The highest BCUT2D eigenvalue weighted by molar-refractivity contribution is 7.88. The smallest absolute Gasteiger partial charge is 0.218 e. The van der Waals surface area contributed by atoms with E-state index in [-0.39, 0.29) is 24.0 Å². The molecule has 128 valence electrons. The van der Waals surface area contributed by atoms with Gasteiger partial charge in [0.05, 0.1) is 30.6 Å². The minimum Gasteiger partial charge on any atom is -0.379 e. The van der Waals surface area contributed by atoms with E-state index in [1.165, 1.54) is 0 Å². The van der Waals surface area contributed by atoms with E-state index in [4.69, 9.17) is 9.47 Å². The van der Waals surface area contributed by atoms with E-state index in [1.807, 2.05) is 37.3 Å². The Kier molecular flexibility index (Phi) is 5.36. The van der Waals surface area contributed by atoms with Crippen LogP contribution in [0.4, 0.5) is 0 Å². The van der Waals surface area contributed by atoms with E-state index in [2.05, 4.69) is 0 Å². The molecular weight excluding hydrogens is 314 g/mol. The van der Waals surface area contributed by atoms with Gasteiger partial charge in [-0.1, -0.05) is 30.3 Å². The highest BCUT2D eigenvalue weighted by Crippen LogP contribution is 2.34. The van der Waals surface area contributed by atoms with Crippen molar-refractivity contribution in [1.82, 2.24) is 4.31 Å². The SMILES string of the molecule is CCOC[C@H]1CC[C@H]2[C@H](CCN2S(=O)(=O)Cc2ccccc2)O1. The van der Waals surface area contributed by atoms with Gasteiger partial charge in [-0.3, -0.25) is 0 Å². The third-order valence-corrected chi connectivity index (χ3v) is 6.51. The molecule has 1 aromatic carbocycles. The summed E-state index contributed by atoms with van der Waals surface area (Å²) >= 11 is 0. The highest BCUT2D eigenvalue weighted by Gasteiger charge is 2.44. The van der Waals surface area contributed by atoms with Crippen LogP contribution >= 0.6 is 0 Å². The Morgan fingerprint density at radius 2 is 2.00 bits per heavy atom. The Hall–Kier alpha value is -0.950. The van der Waals surface area contributed by atoms with Gasteiger partial charge in [-0.05, 0) is 31.7 Å². The van der Waals surface area contributed by atoms with Crippen molar-refractivity contribution in [2.75, 3.05) is 19.8 Å². The van der Waals surface area contributed by atoms with Crippen LogP contribution in [-0.2, 0) is 25.2 Å². The van der Waals surface area contributed by atoms with Gasteiger partial charge in [0.2, 0.25) is 10.0 Å². The zero-order valence-electron chi connectivity index (χ0n) is 13.6. The van der Waals surface area contributed by atoms with Gasteiger partial charge in [0, 0.05) is 13.2 Å². The summed E-state index contributed by atoms with van der Waals surface area (Å²) in [5, 5.41) is 0. The molecule has 2 fully saturated rings. The number of rotatable bonds is 6. The Balaban J connectivity index is 1.64. The third-order valence-electron chi connectivity index (χ3n) is 4.64. The van der Waals surface area contributed by atoms with Gasteiger partial charge >= 0.3 is 0 Å². The largest absolute Gasteiger partial charge is 0.379 e. The molecule has 0 N–H and O–H groups in total. The summed E-state index contributed by atoms with van der Waals surface area (Å²) in [6.07, 6.45) is 2.61. The van der Waals surface area contributed by atoms with Crippen LogP contribution in [0.25, 0.3) is 0 Å². The number of hydrogen-bond donors (Lipinski definition) is 0. The third kappa shape index (κ3) is 3.94. The Morgan fingerprint density at radius 3 is 2.74 bits per heavy atom. The van der Waals surface area contributed by atoms with Gasteiger partial charge in [-0.25, -0.2) is 8.42 Å². The lowest BCUT2D eigenvalue weighted by atomic mass is 10.0. The molecule has 0 radical (unpaired) electrons. The van der Waals surface area contributed by atoms with Gasteiger partial charge < -0.3 is 9.47 Å². The molecule has 0 unspecified atom stereocenters. The predicted molar refractivity (Wildman–Crippen MR) is 88.6 cm³/mol. The second kappa shape index (κ2) is 7.30. The molecule has 2 aliphatic heterocycles. The van der Waals surface area contributed by atoms with Crippen molar-refractivity contribution in [1.29, 1.82) is 0 Å². The maximum Gasteiger partial charge on any atom is 0.218 e. The van der Waals surface area contributed by atoms with Crippen LogP contribution in [0.15, 0.2) is 30.3 Å². The molecular formula is C17H25NO4S. The molecule has 3 atom stereocenters. The fourth-order valence-electron chi connectivity index (χ4n) is 3.54. The molecule has 6 heteroatoms. The summed E-state index contributed by atoms with van der Waals surface area (Å²) < 4.78 is 38.7. The van der Waals surface area contributed by atoms with Crippen molar-refractivity contribution >= 4 is 10.0 Å². The number of fused-ring (bicyclic) bond motifs is 1. The highest BCUT2D eigenvalue weighted by atomic mass is 32.2. The van der Waals surface area contributed by atoms with E-state index in [0.29, 0.717) is 19.8 Å². The number of ether oxygens (including phenoxy) is 2. The monoisotopic (exact) mass is 339 g/mol. The molecule has 0 aliphatic carbocycles. The Labute approximate surface area is 138 Å². The van der Waals surface area contributed by atoms with Gasteiger partial charge in [-0.15, -0.1) is 0 Å². The lowest BCUT2D eigenvalue weighted by Gasteiger charge is -2.35. The van der Waals surface area contributed by atoms with Crippen molar-refractivity contribution in [3.63, 3.8) is 0 Å². The lowest BCUT2D eigenvalue weighted by molar-refractivity contribution is -0.0924. The van der Waals surface area contributed by atoms with Crippen molar-refractivity contribution in [2.45, 2.75) is 50.2 Å². The molecule has 5 nitrogen and oxygen atoms in total. The first-order valence-corrected chi connectivity index (χ1v) is 9.97. The van der Waals surface area contributed by atoms with Crippen LogP contribution in [0.5, 0.6) is 0 Å². The fraction of sp³-hybridized carbons (Fsp3) is 0.647. The average Bonchev–Trinajstić information content (AvgIpc) is 2.97. The number of benzene rings is 1. The second-order valence-corrected chi connectivity index (χ2v) is 8.16. The van der Waals surface area contributed by atoms with Crippen molar-refractivity contribution in [3.8, 4) is 0 Å². The van der Waals surface area contributed by atoms with Crippen molar-refractivity contribution < 1.29 is 17.9 Å². The second-order valence-electron chi connectivity index (χ2n) is 6.24. The minimum atomic E-state index is -3.30. The number of hydrogen-bond acceptors (Lipinski definition) is 4. The van der Waals surface area contributed by atoms with Gasteiger partial charge in [0.15, 0.2) is 0 Å². The topological polar surface area (TPSA) is 55.8 Å². The Bertz CT molecular complexity index is 604. The van der Waals surface area contributed by atoms with Crippen LogP contribution in [0.2, 0.25) is 0 Å². The van der Waals surface area contributed by atoms with E-state index in [9.17, 15) is 8.42 Å². The van der Waals surface area contributed by atoms with Gasteiger partial charge in [0.25, 0.3) is 0 Å². The zero-order valence-corrected chi connectivity index (χ0v) is 14.4. The summed E-state index contributed by atoms with van der Waals surface area (Å²) in [6.45, 7) is 3.83. The summed E-state index contributed by atoms with van der Waals surface area (Å²) in [5.41, 5.74) is 0.835. The van der Waals surface area contributed by atoms with E-state index >= 15 is 0 Å². The maximum absolute atomic E-state index is 12.8. The molecule has 2 saturated heterocycles. The van der Waals surface area contributed by atoms with Crippen LogP contribution in [-0.4, -0.2) is 50.7 Å².